The molecule has 12 heteroatoms. The third kappa shape index (κ3) is 4.81. The Balaban J connectivity index is 1.53. The van der Waals surface area contributed by atoms with E-state index in [1.165, 1.54) is 12.1 Å². The molecule has 9 nitrogen and oxygen atoms in total. The lowest BCUT2D eigenvalue weighted by Gasteiger charge is -2.35. The quantitative estimate of drug-likeness (QED) is 0.351. The Morgan fingerprint density at radius 3 is 2.50 bits per heavy atom. The van der Waals surface area contributed by atoms with Gasteiger partial charge in [-0.1, -0.05) is 30.1 Å². The Morgan fingerprint density at radius 2 is 1.89 bits per heavy atom. The zero-order valence-corrected chi connectivity index (χ0v) is 21.3. The first-order valence-corrected chi connectivity index (χ1v) is 12.8. The summed E-state index contributed by atoms with van der Waals surface area (Å²) < 4.78 is 15.7. The predicted octanol–water partition coefficient (Wildman–Crippen LogP) is 4.95. The van der Waals surface area contributed by atoms with Gasteiger partial charge in [0, 0.05) is 17.5 Å². The van der Waals surface area contributed by atoms with E-state index in [4.69, 9.17) is 38.9 Å². The minimum atomic E-state index is -0.560. The summed E-state index contributed by atoms with van der Waals surface area (Å²) in [5.41, 5.74) is 6.61. The molecule has 2 heterocycles. The smallest absolute Gasteiger partial charge is 0.224 e. The number of fused-ring (bicyclic) bond motifs is 1. The van der Waals surface area contributed by atoms with Crippen LogP contribution in [0.25, 0.3) is 11.2 Å². The molecule has 1 aromatic carbocycles. The van der Waals surface area contributed by atoms with Gasteiger partial charge in [0.05, 0.1) is 28.0 Å². The SMILES string of the molecule is CC1(C(N)=O)CCC(n2c(Nc3c(Cl)cc(F)cc3Cl)nc3cnc(N[C@H]4CC[C@H](O)C4)nc32)CC1. The number of nitrogens with two attached hydrogens (primary N) is 1. The van der Waals surface area contributed by atoms with Crippen molar-refractivity contribution < 1.29 is 14.3 Å². The molecule has 2 aromatic heterocycles. The van der Waals surface area contributed by atoms with E-state index in [2.05, 4.69) is 15.6 Å². The number of benzene rings is 1. The molecule has 2 saturated carbocycles. The Bertz CT molecular complexity index is 1290. The molecule has 5 rings (SSSR count). The van der Waals surface area contributed by atoms with Gasteiger partial charge in [0.15, 0.2) is 5.65 Å². The zero-order valence-electron chi connectivity index (χ0n) is 19.8. The van der Waals surface area contributed by atoms with Crippen LogP contribution in [0.3, 0.4) is 0 Å². The van der Waals surface area contributed by atoms with E-state index in [1.54, 1.807) is 6.20 Å². The van der Waals surface area contributed by atoms with Crippen molar-refractivity contribution in [2.24, 2.45) is 11.1 Å². The van der Waals surface area contributed by atoms with E-state index in [-0.39, 0.29) is 34.1 Å². The molecule has 0 aliphatic heterocycles. The molecule has 2 fully saturated rings. The maximum Gasteiger partial charge on any atom is 0.224 e. The van der Waals surface area contributed by atoms with Crippen molar-refractivity contribution in [3.63, 3.8) is 0 Å². The van der Waals surface area contributed by atoms with Crippen LogP contribution in [0.4, 0.5) is 22.0 Å². The lowest BCUT2D eigenvalue weighted by molar-refractivity contribution is -0.128. The Hall–Kier alpha value is -2.69. The molecular formula is C24H28Cl2FN7O2. The van der Waals surface area contributed by atoms with Crippen LogP contribution in [-0.4, -0.2) is 42.7 Å². The number of nitrogens with zero attached hydrogens (tertiary/aromatic N) is 4. The summed E-state index contributed by atoms with van der Waals surface area (Å²) in [6.45, 7) is 1.90. The predicted molar refractivity (Wildman–Crippen MR) is 137 cm³/mol. The van der Waals surface area contributed by atoms with Crippen molar-refractivity contribution in [3.05, 3.63) is 34.2 Å². The van der Waals surface area contributed by atoms with E-state index in [0.717, 1.165) is 12.8 Å². The number of amides is 1. The number of hydrogen-bond donors (Lipinski definition) is 4. The van der Waals surface area contributed by atoms with E-state index in [0.29, 0.717) is 60.9 Å². The topological polar surface area (TPSA) is 131 Å². The van der Waals surface area contributed by atoms with Crippen molar-refractivity contribution >= 4 is 57.9 Å². The summed E-state index contributed by atoms with van der Waals surface area (Å²) in [7, 11) is 0. The van der Waals surface area contributed by atoms with Crippen LogP contribution in [0.1, 0.15) is 57.9 Å². The maximum absolute atomic E-state index is 13.8. The Kier molecular flexibility index (Phi) is 6.69. The van der Waals surface area contributed by atoms with Crippen molar-refractivity contribution in [2.45, 2.75) is 70.1 Å². The van der Waals surface area contributed by atoms with Crippen molar-refractivity contribution in [2.75, 3.05) is 10.6 Å². The standard InChI is InChI=1S/C24H28Cl2FN7O2/c1-24(21(28)36)6-4-14(5-7-24)34-20-18(11-29-22(33-20)30-13-2-3-15(35)10-13)31-23(34)32-19-16(25)8-12(27)9-17(19)26/h8-9,11,13-15,35H,2-7,10H2,1H3,(H2,28,36)(H,31,32)(H,29,30,33)/t13-,14?,15-,24?/m0/s1. The van der Waals surface area contributed by atoms with Crippen LogP contribution in [0.5, 0.6) is 0 Å². The molecular weight excluding hydrogens is 508 g/mol. The number of hydrogen-bond acceptors (Lipinski definition) is 7. The monoisotopic (exact) mass is 535 g/mol. The van der Waals surface area contributed by atoms with Crippen molar-refractivity contribution in [3.8, 4) is 0 Å². The first kappa shape index (κ1) is 25.0. The van der Waals surface area contributed by atoms with Gasteiger partial charge < -0.3 is 21.5 Å². The number of carbonyl (C=O) groups is 1. The van der Waals surface area contributed by atoms with Crippen LogP contribution in [-0.2, 0) is 4.79 Å². The molecule has 0 radical (unpaired) electrons. The average molecular weight is 536 g/mol. The molecule has 0 saturated heterocycles. The molecule has 2 aliphatic carbocycles. The number of aliphatic hydroxyl groups is 1. The number of anilines is 3. The summed E-state index contributed by atoms with van der Waals surface area (Å²) in [6, 6.07) is 2.42. The van der Waals surface area contributed by atoms with Gasteiger partial charge in [0.2, 0.25) is 17.8 Å². The van der Waals surface area contributed by atoms with Crippen LogP contribution in [0.2, 0.25) is 10.0 Å². The Labute approximate surface area is 217 Å². The molecule has 3 aromatic rings. The number of carbonyl (C=O) groups excluding carboxylic acids is 1. The van der Waals surface area contributed by atoms with Crippen LogP contribution in [0.15, 0.2) is 18.3 Å². The summed E-state index contributed by atoms with van der Waals surface area (Å²) in [5.74, 6) is 0.0497. The second kappa shape index (κ2) is 9.64. The minimum Gasteiger partial charge on any atom is -0.393 e. The molecule has 36 heavy (non-hydrogen) atoms. The molecule has 2 aliphatic rings. The van der Waals surface area contributed by atoms with E-state index >= 15 is 0 Å². The number of nitrogens with one attached hydrogen (secondary N) is 2. The lowest BCUT2D eigenvalue weighted by atomic mass is 9.73. The molecule has 2 atom stereocenters. The molecule has 192 valence electrons. The number of rotatable bonds is 6. The first-order chi connectivity index (χ1) is 17.1. The number of imidazole rings is 1. The third-order valence-corrected chi connectivity index (χ3v) is 8.03. The lowest BCUT2D eigenvalue weighted by Crippen LogP contribution is -2.38. The van der Waals surface area contributed by atoms with Gasteiger partial charge in [-0.25, -0.2) is 14.4 Å². The second-order valence-electron chi connectivity index (χ2n) is 10.0. The third-order valence-electron chi connectivity index (χ3n) is 7.43. The number of primary amides is 1. The van der Waals surface area contributed by atoms with Crippen molar-refractivity contribution in [1.29, 1.82) is 0 Å². The van der Waals surface area contributed by atoms with Gasteiger partial charge in [0.1, 0.15) is 11.3 Å². The van der Waals surface area contributed by atoms with E-state index in [9.17, 15) is 14.3 Å². The normalized spacial score (nSPS) is 26.3. The summed E-state index contributed by atoms with van der Waals surface area (Å²) in [6.07, 6.45) is 6.17. The van der Waals surface area contributed by atoms with Crippen LogP contribution >= 0.6 is 23.2 Å². The van der Waals surface area contributed by atoms with Crippen molar-refractivity contribution in [1.82, 2.24) is 19.5 Å². The van der Waals surface area contributed by atoms with Gasteiger partial charge >= 0.3 is 0 Å². The fourth-order valence-electron chi connectivity index (χ4n) is 5.18. The maximum atomic E-state index is 13.8. The van der Waals surface area contributed by atoms with Crippen LogP contribution < -0.4 is 16.4 Å². The summed E-state index contributed by atoms with van der Waals surface area (Å²) in [5, 5.41) is 16.6. The van der Waals surface area contributed by atoms with Gasteiger partial charge in [0.25, 0.3) is 0 Å². The largest absolute Gasteiger partial charge is 0.393 e. The molecule has 0 unspecified atom stereocenters. The number of aromatic nitrogens is 4. The first-order valence-electron chi connectivity index (χ1n) is 12.0. The highest BCUT2D eigenvalue weighted by Gasteiger charge is 2.38. The van der Waals surface area contributed by atoms with Gasteiger partial charge in [-0.15, -0.1) is 0 Å². The molecule has 1 amide bonds. The molecule has 0 bridgehead atoms. The highest BCUT2D eigenvalue weighted by molar-refractivity contribution is 6.39. The zero-order chi connectivity index (χ0) is 25.6. The van der Waals surface area contributed by atoms with Crippen LogP contribution in [0, 0.1) is 11.2 Å². The van der Waals surface area contributed by atoms with E-state index < -0.39 is 11.2 Å². The summed E-state index contributed by atoms with van der Waals surface area (Å²) >= 11 is 12.6. The van der Waals surface area contributed by atoms with Gasteiger partial charge in [-0.05, 0) is 57.1 Å². The molecule has 0 spiro atoms. The summed E-state index contributed by atoms with van der Waals surface area (Å²) in [4.78, 5) is 25.9. The minimum absolute atomic E-state index is 0.0287. The molecule has 5 N–H and O–H groups in total. The Morgan fingerprint density at radius 1 is 1.19 bits per heavy atom. The number of aliphatic hydroxyl groups excluding tert-OH is 1. The highest BCUT2D eigenvalue weighted by atomic mass is 35.5. The number of halogens is 3. The van der Waals surface area contributed by atoms with Gasteiger partial charge in [-0.3, -0.25) is 9.36 Å². The highest BCUT2D eigenvalue weighted by Crippen LogP contribution is 2.43. The fourth-order valence-corrected chi connectivity index (χ4v) is 5.74. The average Bonchev–Trinajstić information content (AvgIpc) is 3.39. The van der Waals surface area contributed by atoms with E-state index in [1.807, 2.05) is 11.5 Å². The second-order valence-corrected chi connectivity index (χ2v) is 10.9. The van der Waals surface area contributed by atoms with Gasteiger partial charge in [-0.2, -0.15) is 4.98 Å². The fraction of sp³-hybridized carbons (Fsp3) is 0.500.